The molecule has 0 aromatic heterocycles. The van der Waals surface area contributed by atoms with Crippen molar-refractivity contribution >= 4 is 40.0 Å². The van der Waals surface area contributed by atoms with E-state index in [2.05, 4.69) is 165 Å². The molecule has 0 bridgehead atoms. The molecule has 68 heavy (non-hydrogen) atoms. The van der Waals surface area contributed by atoms with Gasteiger partial charge in [-0.25, -0.2) is 0 Å². The quantitative estimate of drug-likeness (QED) is 0.0753. The normalized spacial score (nSPS) is 15.4. The number of halogens is 2. The first-order valence-electron chi connectivity index (χ1n) is 23.6. The Bertz CT molecular complexity index is 2020. The average molecular weight is 1180 g/mol. The van der Waals surface area contributed by atoms with E-state index in [0.29, 0.717) is 47.6 Å². The van der Waals surface area contributed by atoms with Crippen LogP contribution in [0.15, 0.2) is 188 Å². The maximum atomic E-state index is 5.40. The predicted molar refractivity (Wildman–Crippen MR) is 294 cm³/mol. The Labute approximate surface area is 435 Å². The first kappa shape index (κ1) is 54.8. The van der Waals surface area contributed by atoms with Crippen molar-refractivity contribution in [1.82, 2.24) is 0 Å². The fraction of sp³-hybridized carbons (Fsp3) is 0.288. The summed E-state index contributed by atoms with van der Waals surface area (Å²) in [5.41, 5.74) is 10.8. The molecule has 357 valence electrons. The number of hydrogen-bond acceptors (Lipinski definition) is 6. The topological polar surface area (TPSA) is 65.3 Å². The molecule has 3 saturated heterocycles. The van der Waals surface area contributed by atoms with E-state index in [-0.39, 0.29) is 0 Å². The zero-order valence-electron chi connectivity index (χ0n) is 39.9. The van der Waals surface area contributed by atoms with Crippen LogP contribution >= 0.6 is 40.0 Å². The third-order valence-corrected chi connectivity index (χ3v) is 10.9. The summed E-state index contributed by atoms with van der Waals surface area (Å²) in [6, 6.07) is 64.7. The van der Waals surface area contributed by atoms with Gasteiger partial charge in [0, 0.05) is 0 Å². The number of ether oxygens (including phenoxy) is 6. The average Bonchev–Trinajstić information content (AvgIpc) is 4.26. The number of rotatable bonds is 15. The predicted octanol–water partition coefficient (Wildman–Crippen LogP) is 15.1. The van der Waals surface area contributed by atoms with E-state index < -0.39 is 0 Å². The molecule has 0 N–H and O–H groups in total. The van der Waals surface area contributed by atoms with Crippen LogP contribution in [0.3, 0.4) is 0 Å². The fourth-order valence-corrected chi connectivity index (χ4v) is 6.34. The minimum Gasteiger partial charge on any atom is -0.491 e. The van der Waals surface area contributed by atoms with Crippen LogP contribution in [-0.2, 0) is 49.4 Å². The van der Waals surface area contributed by atoms with E-state index >= 15 is 0 Å². The summed E-state index contributed by atoms with van der Waals surface area (Å²) in [7, 11) is 0.628. The van der Waals surface area contributed by atoms with Crippen molar-refractivity contribution in [3.8, 4) is 39.5 Å². The summed E-state index contributed by atoms with van der Waals surface area (Å²) in [5.74, 6) is 2.76. The Morgan fingerprint density at radius 3 is 0.706 bits per heavy atom. The fourth-order valence-electron chi connectivity index (χ4n) is 6.34. The smallest absolute Gasteiger partial charge is 0.119 e. The van der Waals surface area contributed by atoms with Crippen LogP contribution in [0.25, 0.3) is 22.3 Å². The van der Waals surface area contributed by atoms with Crippen LogP contribution in [-0.4, -0.2) is 58.0 Å². The second-order valence-electron chi connectivity index (χ2n) is 16.0. The van der Waals surface area contributed by atoms with Gasteiger partial charge in [-0.15, -0.1) is 0 Å². The molecule has 0 spiro atoms. The van der Waals surface area contributed by atoms with Gasteiger partial charge < -0.3 is 28.4 Å². The molecule has 9 heteroatoms. The molecule has 6 nitrogen and oxygen atoms in total. The van der Waals surface area contributed by atoms with Crippen molar-refractivity contribution in [2.24, 2.45) is 0 Å². The third-order valence-electron chi connectivity index (χ3n) is 10.9. The van der Waals surface area contributed by atoms with Gasteiger partial charge in [0.15, 0.2) is 0 Å². The Morgan fingerprint density at radius 1 is 0.353 bits per heavy atom. The monoisotopic (exact) mass is 1180 g/mol. The van der Waals surface area contributed by atoms with Crippen molar-refractivity contribution < 1.29 is 37.9 Å². The summed E-state index contributed by atoms with van der Waals surface area (Å²) in [6.45, 7) is 13.4. The molecular weight excluding hydrogens is 1110 g/mol. The van der Waals surface area contributed by atoms with Crippen LogP contribution in [0.1, 0.15) is 49.9 Å². The summed E-state index contributed by atoms with van der Waals surface area (Å²) < 4.78 is 31.2. The number of epoxide rings is 3. The van der Waals surface area contributed by atoms with E-state index in [1.54, 1.807) is 0 Å². The van der Waals surface area contributed by atoms with Crippen LogP contribution in [0.2, 0.25) is 0 Å². The van der Waals surface area contributed by atoms with Crippen molar-refractivity contribution in [2.75, 3.05) is 39.6 Å². The molecule has 10 rings (SSSR count). The minimum atomic E-state index is 0.343. The summed E-state index contributed by atoms with van der Waals surface area (Å²) in [4.78, 5) is 0. The summed E-state index contributed by atoms with van der Waals surface area (Å²) >= 11 is 4.74. The second kappa shape index (κ2) is 32.6. The van der Waals surface area contributed by atoms with Gasteiger partial charge in [0.25, 0.3) is 0 Å². The van der Waals surface area contributed by atoms with Gasteiger partial charge in [0.05, 0.1) is 19.8 Å². The first-order valence-corrected chi connectivity index (χ1v) is 32.6. The standard InChI is InChI=1S/2C16H18.3C9H10O2.2HI.V/c2*1-3-13-5-9-15(10-6-13)16-11-7-14(4-2)8-12-16;3*1-2-4-8(5-3-1)10-6-9-7-11-9;;;/h2*5-12H,3-4H2,1-2H3;3*1-5,9H,6-7H2;2*1H;/q;;;;;;;+2/p-2. The minimum absolute atomic E-state index is 0.343. The number of aryl methyl sites for hydroxylation is 4. The first-order chi connectivity index (χ1) is 33.4. The van der Waals surface area contributed by atoms with E-state index in [9.17, 15) is 0 Å². The SMILES string of the molecule is CCc1ccc(-c2ccc(CC)cc2)cc1.CCc1ccc(-c2ccc(CC)cc2)cc1.[I][V][I].c1ccc(OCC2CO2)cc1.c1ccc(OCC2CO2)cc1.c1ccc(OCC2CO2)cc1. The number of para-hydroxylation sites is 3. The van der Waals surface area contributed by atoms with E-state index in [1.165, 1.54) is 44.5 Å². The number of hydrogen-bond donors (Lipinski definition) is 0. The van der Waals surface area contributed by atoms with Crippen LogP contribution in [0.4, 0.5) is 0 Å². The molecule has 3 heterocycles. The van der Waals surface area contributed by atoms with E-state index in [4.69, 9.17) is 28.4 Å². The largest absolute Gasteiger partial charge is 0.491 e. The molecule has 7 aromatic rings. The van der Waals surface area contributed by atoms with Crippen molar-refractivity contribution in [1.29, 1.82) is 0 Å². The maximum absolute atomic E-state index is 5.40. The molecule has 0 aliphatic carbocycles. The molecule has 3 fully saturated rings. The molecule has 0 saturated carbocycles. The Morgan fingerprint density at radius 2 is 0.544 bits per heavy atom. The van der Waals surface area contributed by atoms with Gasteiger partial charge in [-0.05, 0) is 107 Å². The zero-order valence-corrected chi connectivity index (χ0v) is 45.6. The summed E-state index contributed by atoms with van der Waals surface area (Å²) in [6.07, 6.45) is 5.45. The zero-order chi connectivity index (χ0) is 48.0. The molecule has 0 radical (unpaired) electrons. The van der Waals surface area contributed by atoms with Gasteiger partial charge in [-0.2, -0.15) is 0 Å². The van der Waals surface area contributed by atoms with Crippen molar-refractivity contribution in [3.63, 3.8) is 0 Å². The molecule has 0 amide bonds. The van der Waals surface area contributed by atoms with Crippen LogP contribution < -0.4 is 14.2 Å². The van der Waals surface area contributed by atoms with E-state index in [1.807, 2.05) is 91.0 Å². The molecule has 3 atom stereocenters. The second-order valence-corrected chi connectivity index (χ2v) is 27.8. The van der Waals surface area contributed by atoms with Gasteiger partial charge in [-0.3, -0.25) is 0 Å². The van der Waals surface area contributed by atoms with Crippen LogP contribution in [0, 0.1) is 0 Å². The van der Waals surface area contributed by atoms with Gasteiger partial charge in [0.1, 0.15) is 55.4 Å². The van der Waals surface area contributed by atoms with Crippen molar-refractivity contribution in [3.05, 3.63) is 210 Å². The third kappa shape index (κ3) is 23.0. The van der Waals surface area contributed by atoms with Crippen molar-refractivity contribution in [2.45, 2.75) is 71.7 Å². The van der Waals surface area contributed by atoms with E-state index in [0.717, 1.165) is 62.8 Å². The van der Waals surface area contributed by atoms with Crippen LogP contribution in [0.5, 0.6) is 17.2 Å². The Kier molecular flexibility index (Phi) is 26.3. The Hall–Kier alpha value is -4.14. The molecular formula is C59H66I2O6V. The van der Waals surface area contributed by atoms with Gasteiger partial charge in [0.2, 0.25) is 0 Å². The maximum Gasteiger partial charge on any atom is 0.119 e. The summed E-state index contributed by atoms with van der Waals surface area (Å²) in [5, 5.41) is 0. The molecule has 3 unspecified atom stereocenters. The van der Waals surface area contributed by atoms with Gasteiger partial charge in [-0.1, -0.05) is 179 Å². The molecule has 3 aliphatic heterocycles. The van der Waals surface area contributed by atoms with Gasteiger partial charge >= 0.3 is 49.4 Å². The molecule has 7 aromatic carbocycles. The number of benzene rings is 7. The molecule has 3 aliphatic rings. The Balaban J connectivity index is 0.000000158.